The van der Waals surface area contributed by atoms with Crippen molar-refractivity contribution in [2.24, 2.45) is 0 Å². The highest BCUT2D eigenvalue weighted by atomic mass is 19.1. The fourth-order valence-corrected chi connectivity index (χ4v) is 1.20. The average molecular weight is 226 g/mol. The number of carbonyl (C=O) groups excluding carboxylic acids is 1. The molecule has 1 N–H and O–H groups in total. The van der Waals surface area contributed by atoms with Gasteiger partial charge in [-0.1, -0.05) is 0 Å². The molecule has 1 aromatic rings. The smallest absolute Gasteiger partial charge is 0.426 e. The first-order chi connectivity index (χ1) is 7.56. The molecule has 5 nitrogen and oxygen atoms in total. The van der Waals surface area contributed by atoms with Crippen molar-refractivity contribution < 1.29 is 19.1 Å². The summed E-state index contributed by atoms with van der Waals surface area (Å²) in [6.45, 7) is -0.275. The van der Waals surface area contributed by atoms with E-state index in [-0.39, 0.29) is 6.54 Å². The summed E-state index contributed by atoms with van der Waals surface area (Å²) in [6.07, 6.45) is -0.771. The number of benzene rings is 1. The molecule has 0 aliphatic carbocycles. The standard InChI is InChI=1S/C10H11FN2O3/c1-12(13(6-7-14)10(15)16)9-4-2-8(11)3-5-9/h2-5,7H,6H2,1H3,(H,15,16). The van der Waals surface area contributed by atoms with E-state index in [0.29, 0.717) is 12.0 Å². The second kappa shape index (κ2) is 5.11. The second-order valence-corrected chi connectivity index (χ2v) is 3.03. The van der Waals surface area contributed by atoms with E-state index in [1.807, 2.05) is 0 Å². The largest absolute Gasteiger partial charge is 0.464 e. The number of hydrogen-bond donors (Lipinski definition) is 1. The van der Waals surface area contributed by atoms with E-state index >= 15 is 0 Å². The SMILES string of the molecule is CN(c1ccc(F)cc1)N(CC=O)C(=O)O. The third-order valence-corrected chi connectivity index (χ3v) is 2.03. The molecule has 1 aromatic carbocycles. The zero-order valence-electron chi connectivity index (χ0n) is 8.63. The van der Waals surface area contributed by atoms with Gasteiger partial charge in [-0.25, -0.2) is 14.2 Å². The van der Waals surface area contributed by atoms with Crippen LogP contribution in [0.15, 0.2) is 24.3 Å². The van der Waals surface area contributed by atoms with Crippen LogP contribution < -0.4 is 5.01 Å². The van der Waals surface area contributed by atoms with Gasteiger partial charge in [-0.3, -0.25) is 5.01 Å². The van der Waals surface area contributed by atoms with Gasteiger partial charge in [0.2, 0.25) is 0 Å². The third-order valence-electron chi connectivity index (χ3n) is 2.03. The Kier molecular flexibility index (Phi) is 3.82. The maximum absolute atomic E-state index is 12.7. The van der Waals surface area contributed by atoms with E-state index in [9.17, 15) is 14.0 Å². The second-order valence-electron chi connectivity index (χ2n) is 3.03. The molecule has 0 aliphatic rings. The molecule has 6 heteroatoms. The van der Waals surface area contributed by atoms with Crippen LogP contribution >= 0.6 is 0 Å². The molecule has 0 fully saturated rings. The number of amides is 1. The van der Waals surface area contributed by atoms with Gasteiger partial charge in [0, 0.05) is 7.05 Å². The Labute approximate surface area is 91.7 Å². The minimum Gasteiger partial charge on any atom is -0.464 e. The molecule has 0 atom stereocenters. The molecule has 0 spiro atoms. The normalized spacial score (nSPS) is 9.62. The molecule has 0 unspecified atom stereocenters. The first-order valence-corrected chi connectivity index (χ1v) is 4.49. The number of anilines is 1. The van der Waals surface area contributed by atoms with Crippen LogP contribution in [0, 0.1) is 5.82 Å². The summed E-state index contributed by atoms with van der Waals surface area (Å²) in [4.78, 5) is 21.1. The number of carbonyl (C=O) groups is 2. The van der Waals surface area contributed by atoms with Gasteiger partial charge in [0.1, 0.15) is 18.6 Å². The van der Waals surface area contributed by atoms with Crippen molar-refractivity contribution >= 4 is 18.1 Å². The average Bonchev–Trinajstić information content (AvgIpc) is 2.25. The van der Waals surface area contributed by atoms with Gasteiger partial charge in [0.25, 0.3) is 0 Å². The maximum atomic E-state index is 12.7. The van der Waals surface area contributed by atoms with Gasteiger partial charge in [-0.15, -0.1) is 0 Å². The Bertz CT molecular complexity index is 380. The number of rotatable bonds is 4. The van der Waals surface area contributed by atoms with Gasteiger partial charge in [0.15, 0.2) is 0 Å². The van der Waals surface area contributed by atoms with Crippen molar-refractivity contribution in [2.75, 3.05) is 18.6 Å². The number of hydrazine groups is 1. The lowest BCUT2D eigenvalue weighted by Gasteiger charge is -2.29. The molecule has 0 bridgehead atoms. The van der Waals surface area contributed by atoms with Gasteiger partial charge in [-0.2, -0.15) is 0 Å². The van der Waals surface area contributed by atoms with Crippen molar-refractivity contribution in [3.8, 4) is 0 Å². The summed E-state index contributed by atoms with van der Waals surface area (Å²) in [6, 6.07) is 5.28. The van der Waals surface area contributed by atoms with E-state index in [2.05, 4.69) is 0 Å². The van der Waals surface area contributed by atoms with Gasteiger partial charge < -0.3 is 9.90 Å². The van der Waals surface area contributed by atoms with Crippen molar-refractivity contribution in [2.45, 2.75) is 0 Å². The van der Waals surface area contributed by atoms with Gasteiger partial charge in [0.05, 0.1) is 5.69 Å². The first kappa shape index (κ1) is 12.0. The van der Waals surface area contributed by atoms with E-state index in [1.165, 1.54) is 36.3 Å². The molecule has 0 saturated carbocycles. The van der Waals surface area contributed by atoms with Crippen LogP contribution in [-0.2, 0) is 4.79 Å². The van der Waals surface area contributed by atoms with Crippen LogP contribution in [0.25, 0.3) is 0 Å². The topological polar surface area (TPSA) is 60.9 Å². The number of halogens is 1. The predicted molar refractivity (Wildman–Crippen MR) is 55.6 cm³/mol. The highest BCUT2D eigenvalue weighted by Gasteiger charge is 2.17. The lowest BCUT2D eigenvalue weighted by Crippen LogP contribution is -2.44. The molecule has 0 heterocycles. The molecule has 0 saturated heterocycles. The van der Waals surface area contributed by atoms with E-state index < -0.39 is 11.9 Å². The van der Waals surface area contributed by atoms with Crippen LogP contribution in [-0.4, -0.2) is 36.1 Å². The maximum Gasteiger partial charge on any atom is 0.426 e. The van der Waals surface area contributed by atoms with Crippen LogP contribution in [0.1, 0.15) is 0 Å². The summed E-state index contributed by atoms with van der Waals surface area (Å²) in [7, 11) is 1.48. The van der Waals surface area contributed by atoms with Crippen LogP contribution in [0.5, 0.6) is 0 Å². The van der Waals surface area contributed by atoms with E-state index in [1.54, 1.807) is 0 Å². The molecule has 1 rings (SSSR count). The van der Waals surface area contributed by atoms with Crippen LogP contribution in [0.4, 0.5) is 14.9 Å². The Balaban J connectivity index is 2.89. The fraction of sp³-hybridized carbons (Fsp3) is 0.200. The molecule has 0 aliphatic heterocycles. The Hall–Kier alpha value is -2.11. The van der Waals surface area contributed by atoms with Crippen molar-refractivity contribution in [3.63, 3.8) is 0 Å². The van der Waals surface area contributed by atoms with Crippen molar-refractivity contribution in [1.82, 2.24) is 5.01 Å². The zero-order valence-corrected chi connectivity index (χ0v) is 8.63. The van der Waals surface area contributed by atoms with Crippen LogP contribution in [0.2, 0.25) is 0 Å². The molecule has 0 aromatic heterocycles. The minimum atomic E-state index is -1.25. The lowest BCUT2D eigenvalue weighted by molar-refractivity contribution is -0.108. The van der Waals surface area contributed by atoms with Gasteiger partial charge in [-0.05, 0) is 24.3 Å². The molecule has 16 heavy (non-hydrogen) atoms. The quantitative estimate of drug-likeness (QED) is 0.622. The Morgan fingerprint density at radius 1 is 1.44 bits per heavy atom. The number of hydrogen-bond acceptors (Lipinski definition) is 3. The monoisotopic (exact) mass is 226 g/mol. The van der Waals surface area contributed by atoms with Gasteiger partial charge >= 0.3 is 6.09 Å². The lowest BCUT2D eigenvalue weighted by atomic mass is 10.3. The molecular formula is C10H11FN2O3. The zero-order chi connectivity index (χ0) is 12.1. The number of carboxylic acid groups (broad SMARTS) is 1. The molecule has 1 amide bonds. The minimum absolute atomic E-state index is 0.275. The van der Waals surface area contributed by atoms with Crippen LogP contribution in [0.3, 0.4) is 0 Å². The summed E-state index contributed by atoms with van der Waals surface area (Å²) in [5.74, 6) is -0.408. The third kappa shape index (κ3) is 2.69. The van der Waals surface area contributed by atoms with Crippen molar-refractivity contribution in [3.05, 3.63) is 30.1 Å². The fourth-order valence-electron chi connectivity index (χ4n) is 1.20. The molecule has 0 radical (unpaired) electrons. The molecule has 86 valence electrons. The summed E-state index contributed by atoms with van der Waals surface area (Å²) in [5, 5.41) is 10.9. The van der Waals surface area contributed by atoms with E-state index in [4.69, 9.17) is 5.11 Å². The van der Waals surface area contributed by atoms with Crippen molar-refractivity contribution in [1.29, 1.82) is 0 Å². The number of aldehydes is 1. The summed E-state index contributed by atoms with van der Waals surface area (Å²) < 4.78 is 12.7. The van der Waals surface area contributed by atoms with E-state index in [0.717, 1.165) is 5.01 Å². The summed E-state index contributed by atoms with van der Waals surface area (Å²) in [5.41, 5.74) is 0.477. The highest BCUT2D eigenvalue weighted by molar-refractivity contribution is 5.72. The predicted octanol–water partition coefficient (Wildman–Crippen LogP) is 1.36. The Morgan fingerprint density at radius 2 is 2.00 bits per heavy atom. The first-order valence-electron chi connectivity index (χ1n) is 4.49. The molecular weight excluding hydrogens is 215 g/mol. The highest BCUT2D eigenvalue weighted by Crippen LogP contribution is 2.14. The summed E-state index contributed by atoms with van der Waals surface area (Å²) >= 11 is 0. The number of nitrogens with zero attached hydrogens (tertiary/aromatic N) is 2. The Morgan fingerprint density at radius 3 is 2.44 bits per heavy atom.